The van der Waals surface area contributed by atoms with E-state index in [2.05, 4.69) is 6.92 Å². The molecule has 0 unspecified atom stereocenters. The van der Waals surface area contributed by atoms with E-state index in [0.717, 1.165) is 23.6 Å². The zero-order chi connectivity index (χ0) is 13.2. The lowest BCUT2D eigenvalue weighted by molar-refractivity contribution is 0.483. The average molecular weight is 271 g/mol. The predicted molar refractivity (Wildman–Crippen MR) is 72.1 cm³/mol. The molecule has 0 aliphatic rings. The van der Waals surface area contributed by atoms with Crippen LogP contribution in [0.4, 0.5) is 0 Å². The van der Waals surface area contributed by atoms with Gasteiger partial charge in [0, 0.05) is 0 Å². The molecule has 17 heavy (non-hydrogen) atoms. The summed E-state index contributed by atoms with van der Waals surface area (Å²) in [5.74, 6) is 0. The maximum absolute atomic E-state index is 11.4. The molecule has 1 radical (unpaired) electrons. The molecule has 1 rings (SSSR count). The van der Waals surface area contributed by atoms with Crippen LogP contribution in [0.15, 0.2) is 17.0 Å². The van der Waals surface area contributed by atoms with Gasteiger partial charge in [-0.1, -0.05) is 33.0 Å². The van der Waals surface area contributed by atoms with Crippen LogP contribution in [0, 0.1) is 0 Å². The molecule has 0 bridgehead atoms. The summed E-state index contributed by atoms with van der Waals surface area (Å²) in [4.78, 5) is 0.102. The predicted octanol–water partition coefficient (Wildman–Crippen LogP) is 2.02. The van der Waals surface area contributed by atoms with Crippen molar-refractivity contribution in [1.29, 1.82) is 0 Å². The number of hydrogen-bond acceptors (Lipinski definition) is 2. The molecule has 0 amide bonds. The maximum Gasteiger partial charge on any atom is 0.294 e. The van der Waals surface area contributed by atoms with Gasteiger partial charge in [0.25, 0.3) is 10.1 Å². The van der Waals surface area contributed by atoms with E-state index in [1.165, 1.54) is 5.56 Å². The van der Waals surface area contributed by atoms with Crippen LogP contribution < -0.4 is 5.19 Å². The fraction of sp³-hybridized carbons (Fsp3) is 0.500. The molecular weight excluding hydrogens is 252 g/mol. The first-order valence-electron chi connectivity index (χ1n) is 5.75. The number of rotatable bonds is 4. The van der Waals surface area contributed by atoms with Crippen LogP contribution in [0.25, 0.3) is 0 Å². The number of aryl methyl sites for hydroxylation is 1. The van der Waals surface area contributed by atoms with Crippen molar-refractivity contribution in [1.82, 2.24) is 0 Å². The summed E-state index contributed by atoms with van der Waals surface area (Å²) in [6.45, 7) is 8.18. The highest BCUT2D eigenvalue weighted by Gasteiger charge is 2.22. The molecule has 0 spiro atoms. The Morgan fingerprint density at radius 2 is 1.76 bits per heavy atom. The van der Waals surface area contributed by atoms with E-state index in [4.69, 9.17) is 0 Å². The van der Waals surface area contributed by atoms with Gasteiger partial charge in [-0.3, -0.25) is 4.55 Å². The van der Waals surface area contributed by atoms with E-state index in [-0.39, 0.29) is 4.90 Å². The van der Waals surface area contributed by atoms with E-state index >= 15 is 0 Å². The summed E-state index contributed by atoms with van der Waals surface area (Å²) >= 11 is 0. The van der Waals surface area contributed by atoms with E-state index in [1.54, 1.807) is 6.07 Å². The third kappa shape index (κ3) is 2.97. The van der Waals surface area contributed by atoms with E-state index < -0.39 is 18.9 Å². The Morgan fingerprint density at radius 1 is 1.18 bits per heavy atom. The smallest absolute Gasteiger partial charge is 0.282 e. The molecule has 3 nitrogen and oxygen atoms in total. The molecule has 1 aromatic rings. The second kappa shape index (κ2) is 5.33. The minimum atomic E-state index is -4.11. The topological polar surface area (TPSA) is 54.4 Å². The van der Waals surface area contributed by atoms with Crippen LogP contribution >= 0.6 is 0 Å². The van der Waals surface area contributed by atoms with Gasteiger partial charge in [0.2, 0.25) is 0 Å². The lowest BCUT2D eigenvalue weighted by atomic mass is 10.0. The lowest BCUT2D eigenvalue weighted by Crippen LogP contribution is -2.33. The van der Waals surface area contributed by atoms with Crippen molar-refractivity contribution in [3.63, 3.8) is 0 Å². The second-order valence-corrected chi connectivity index (χ2v) is 8.15. The minimum Gasteiger partial charge on any atom is -0.282 e. The second-order valence-electron chi connectivity index (χ2n) is 4.26. The van der Waals surface area contributed by atoms with Crippen molar-refractivity contribution in [2.24, 2.45) is 0 Å². The summed E-state index contributed by atoms with van der Waals surface area (Å²) in [6.07, 6.45) is 1.69. The third-order valence-corrected chi connectivity index (χ3v) is 5.53. The first-order valence-corrected chi connectivity index (χ1v) is 9.69. The summed E-state index contributed by atoms with van der Waals surface area (Å²) in [7, 11) is -5.05. The van der Waals surface area contributed by atoms with Crippen LogP contribution in [0.2, 0.25) is 13.1 Å². The SMILES string of the molecule is CCc1ccc(S(=O)(=O)O)c([Si](C)C)c1CC. The van der Waals surface area contributed by atoms with Gasteiger partial charge >= 0.3 is 0 Å². The maximum atomic E-state index is 11.4. The van der Waals surface area contributed by atoms with Crippen molar-refractivity contribution in [3.8, 4) is 0 Å². The van der Waals surface area contributed by atoms with Crippen molar-refractivity contribution in [3.05, 3.63) is 23.3 Å². The molecule has 5 heteroatoms. The Labute approximate surface area is 105 Å². The molecule has 1 N–H and O–H groups in total. The number of hydrogen-bond donors (Lipinski definition) is 1. The summed E-state index contributed by atoms with van der Waals surface area (Å²) < 4.78 is 32.1. The molecule has 0 saturated heterocycles. The molecule has 0 fully saturated rings. The van der Waals surface area contributed by atoms with Crippen LogP contribution in [0.1, 0.15) is 25.0 Å². The van der Waals surface area contributed by atoms with Crippen molar-refractivity contribution >= 4 is 24.1 Å². The Morgan fingerprint density at radius 3 is 2.12 bits per heavy atom. The van der Waals surface area contributed by atoms with Gasteiger partial charge in [0.15, 0.2) is 0 Å². The Hall–Kier alpha value is -0.653. The molecule has 0 aliphatic carbocycles. The molecule has 1 aromatic carbocycles. The van der Waals surface area contributed by atoms with Crippen LogP contribution in [-0.2, 0) is 23.0 Å². The minimum absolute atomic E-state index is 0.102. The quantitative estimate of drug-likeness (QED) is 0.673. The van der Waals surface area contributed by atoms with Gasteiger partial charge in [-0.05, 0) is 35.2 Å². The van der Waals surface area contributed by atoms with Gasteiger partial charge in [0.05, 0.1) is 13.7 Å². The standard InChI is InChI=1S/C12H19O3SSi/c1-5-9-7-8-11(16(13,14)15)12(17(3)4)10(9)6-2/h7-8H,5-6H2,1-4H3,(H,13,14,15). The van der Waals surface area contributed by atoms with Gasteiger partial charge in [-0.2, -0.15) is 8.42 Å². The number of benzene rings is 1. The first kappa shape index (κ1) is 14.4. The fourth-order valence-electron chi connectivity index (χ4n) is 2.17. The van der Waals surface area contributed by atoms with Gasteiger partial charge in [0.1, 0.15) is 0 Å². The summed E-state index contributed by atoms with van der Waals surface area (Å²) in [5.41, 5.74) is 2.28. The lowest BCUT2D eigenvalue weighted by Gasteiger charge is -2.18. The van der Waals surface area contributed by atoms with Crippen LogP contribution in [0.3, 0.4) is 0 Å². The molecule has 0 heterocycles. The normalized spacial score (nSPS) is 12.1. The Bertz CT molecular complexity index is 507. The molecule has 95 valence electrons. The first-order chi connectivity index (χ1) is 7.82. The third-order valence-electron chi connectivity index (χ3n) is 2.88. The Kier molecular flexibility index (Phi) is 4.52. The highest BCUT2D eigenvalue weighted by atomic mass is 32.2. The fourth-order valence-corrected chi connectivity index (χ4v) is 5.31. The van der Waals surface area contributed by atoms with Gasteiger partial charge in [-0.25, -0.2) is 0 Å². The van der Waals surface area contributed by atoms with E-state index in [1.807, 2.05) is 26.1 Å². The van der Waals surface area contributed by atoms with Crippen LogP contribution in [0.5, 0.6) is 0 Å². The molecular formula is C12H19O3SSi. The van der Waals surface area contributed by atoms with E-state index in [9.17, 15) is 13.0 Å². The largest absolute Gasteiger partial charge is 0.294 e. The van der Waals surface area contributed by atoms with Crippen molar-refractivity contribution < 1.29 is 13.0 Å². The van der Waals surface area contributed by atoms with E-state index in [0.29, 0.717) is 0 Å². The zero-order valence-electron chi connectivity index (χ0n) is 10.7. The highest BCUT2D eigenvalue weighted by molar-refractivity contribution is 7.86. The molecule has 0 atom stereocenters. The van der Waals surface area contributed by atoms with Crippen molar-refractivity contribution in [2.45, 2.75) is 44.7 Å². The molecule has 0 saturated carbocycles. The molecule has 0 aromatic heterocycles. The Balaban J connectivity index is 3.66. The monoisotopic (exact) mass is 271 g/mol. The average Bonchev–Trinajstić information content (AvgIpc) is 2.25. The summed E-state index contributed by atoms with van der Waals surface area (Å²) in [6, 6.07) is 3.36. The van der Waals surface area contributed by atoms with Crippen LogP contribution in [-0.4, -0.2) is 21.8 Å². The van der Waals surface area contributed by atoms with Crippen molar-refractivity contribution in [2.75, 3.05) is 0 Å². The van der Waals surface area contributed by atoms with Gasteiger partial charge < -0.3 is 0 Å². The highest BCUT2D eigenvalue weighted by Crippen LogP contribution is 2.16. The summed E-state index contributed by atoms with van der Waals surface area (Å²) in [5, 5.41) is 0.861. The molecule has 0 aliphatic heterocycles. The van der Waals surface area contributed by atoms with Gasteiger partial charge in [-0.15, -0.1) is 0 Å². The zero-order valence-corrected chi connectivity index (χ0v) is 12.6.